The molecule has 1 heterocycles. The van der Waals surface area contributed by atoms with Crippen molar-refractivity contribution in [1.82, 2.24) is 4.98 Å². The van der Waals surface area contributed by atoms with Crippen LogP contribution in [0.15, 0.2) is 36.5 Å². The summed E-state index contributed by atoms with van der Waals surface area (Å²) >= 11 is 0. The molecule has 0 aliphatic rings. The summed E-state index contributed by atoms with van der Waals surface area (Å²) in [7, 11) is 0. The highest BCUT2D eigenvalue weighted by molar-refractivity contribution is 6.05. The molecular weight excluding hydrogens is 267 g/mol. The van der Waals surface area contributed by atoms with E-state index in [4.69, 9.17) is 5.11 Å². The Kier molecular flexibility index (Phi) is 3.60. The summed E-state index contributed by atoms with van der Waals surface area (Å²) in [5, 5.41) is 20.7. The molecule has 0 aliphatic carbocycles. The van der Waals surface area contributed by atoms with Gasteiger partial charge < -0.3 is 15.5 Å². The molecule has 20 heavy (non-hydrogen) atoms. The van der Waals surface area contributed by atoms with Gasteiger partial charge in [0.15, 0.2) is 0 Å². The molecule has 0 bridgehead atoms. The number of pyridine rings is 1. The summed E-state index contributed by atoms with van der Waals surface area (Å²) in [4.78, 5) is 25.8. The quantitative estimate of drug-likeness (QED) is 0.587. The number of nitrogens with zero attached hydrogens (tertiary/aromatic N) is 1. The zero-order chi connectivity index (χ0) is 14.7. The van der Waals surface area contributed by atoms with Crippen LogP contribution in [-0.4, -0.2) is 27.1 Å². The largest absolute Gasteiger partial charge is 0.506 e. The van der Waals surface area contributed by atoms with Crippen LogP contribution in [0, 0.1) is 5.95 Å². The molecule has 1 aromatic carbocycles. The predicted octanol–water partition coefficient (Wildman–Crippen LogP) is 1.88. The van der Waals surface area contributed by atoms with E-state index in [1.807, 2.05) is 0 Å². The van der Waals surface area contributed by atoms with E-state index in [-0.39, 0.29) is 16.8 Å². The Morgan fingerprint density at radius 2 is 1.90 bits per heavy atom. The Bertz CT molecular complexity index is 688. The van der Waals surface area contributed by atoms with Gasteiger partial charge in [-0.1, -0.05) is 0 Å². The number of rotatable bonds is 3. The first-order chi connectivity index (χ1) is 9.47. The molecule has 102 valence electrons. The van der Waals surface area contributed by atoms with E-state index in [9.17, 15) is 19.1 Å². The van der Waals surface area contributed by atoms with E-state index < -0.39 is 23.6 Å². The molecule has 0 unspecified atom stereocenters. The molecule has 0 radical (unpaired) electrons. The number of phenols is 1. The third-order valence-electron chi connectivity index (χ3n) is 2.48. The standard InChI is InChI=1S/C13H9FN2O4/c14-11-6-7(3-4-15-11)12(18)16-9-2-1-8(13(19)20)5-10(9)17/h1-6,17H,(H,16,18)(H,19,20). The van der Waals surface area contributed by atoms with Gasteiger partial charge in [0, 0.05) is 17.8 Å². The van der Waals surface area contributed by atoms with Gasteiger partial charge in [0.1, 0.15) is 5.75 Å². The lowest BCUT2D eigenvalue weighted by atomic mass is 10.2. The van der Waals surface area contributed by atoms with Gasteiger partial charge in [0.2, 0.25) is 5.95 Å². The number of phenolic OH excluding ortho intramolecular Hbond substituents is 1. The molecule has 6 nitrogen and oxygen atoms in total. The zero-order valence-corrected chi connectivity index (χ0v) is 10.0. The number of carbonyl (C=O) groups is 2. The van der Waals surface area contributed by atoms with Crippen LogP contribution in [0.2, 0.25) is 0 Å². The van der Waals surface area contributed by atoms with Crippen molar-refractivity contribution in [3.63, 3.8) is 0 Å². The van der Waals surface area contributed by atoms with E-state index in [1.165, 1.54) is 18.2 Å². The zero-order valence-electron chi connectivity index (χ0n) is 10.0. The Balaban J connectivity index is 2.22. The van der Waals surface area contributed by atoms with Crippen LogP contribution in [0.3, 0.4) is 0 Å². The average molecular weight is 276 g/mol. The lowest BCUT2D eigenvalue weighted by Crippen LogP contribution is -2.12. The summed E-state index contributed by atoms with van der Waals surface area (Å²) in [5.41, 5.74) is -0.0631. The Morgan fingerprint density at radius 3 is 2.50 bits per heavy atom. The minimum Gasteiger partial charge on any atom is -0.506 e. The number of anilines is 1. The number of benzene rings is 1. The van der Waals surface area contributed by atoms with Gasteiger partial charge in [-0.2, -0.15) is 4.39 Å². The first-order valence-electron chi connectivity index (χ1n) is 5.46. The first kappa shape index (κ1) is 13.5. The number of hydrogen-bond donors (Lipinski definition) is 3. The maximum Gasteiger partial charge on any atom is 0.335 e. The molecule has 1 aromatic heterocycles. The summed E-state index contributed by atoms with van der Waals surface area (Å²) in [6.07, 6.45) is 1.14. The van der Waals surface area contributed by atoms with Gasteiger partial charge in [-0.05, 0) is 24.3 Å². The number of aromatic carboxylic acids is 1. The van der Waals surface area contributed by atoms with Gasteiger partial charge in [0.25, 0.3) is 5.91 Å². The maximum absolute atomic E-state index is 12.9. The number of amides is 1. The van der Waals surface area contributed by atoms with Crippen molar-refractivity contribution in [2.75, 3.05) is 5.32 Å². The van der Waals surface area contributed by atoms with Gasteiger partial charge in [0.05, 0.1) is 11.3 Å². The van der Waals surface area contributed by atoms with Crippen molar-refractivity contribution < 1.29 is 24.2 Å². The minimum atomic E-state index is -1.20. The van der Waals surface area contributed by atoms with E-state index in [0.717, 1.165) is 18.3 Å². The summed E-state index contributed by atoms with van der Waals surface area (Å²) < 4.78 is 12.9. The lowest BCUT2D eigenvalue weighted by Gasteiger charge is -2.08. The highest BCUT2D eigenvalue weighted by atomic mass is 19.1. The molecular formula is C13H9FN2O4. The van der Waals surface area contributed by atoms with Crippen molar-refractivity contribution in [3.05, 3.63) is 53.6 Å². The molecule has 7 heteroatoms. The number of carboxylic acids is 1. The number of nitrogens with one attached hydrogen (secondary N) is 1. The molecule has 2 rings (SSSR count). The van der Waals surface area contributed by atoms with Crippen LogP contribution in [0.1, 0.15) is 20.7 Å². The number of aromatic hydroxyl groups is 1. The Hall–Kier alpha value is -2.96. The van der Waals surface area contributed by atoms with Crippen LogP contribution in [0.5, 0.6) is 5.75 Å². The molecule has 1 amide bonds. The third kappa shape index (κ3) is 2.89. The van der Waals surface area contributed by atoms with Crippen LogP contribution in [-0.2, 0) is 0 Å². The number of carboxylic acid groups (broad SMARTS) is 1. The number of aromatic nitrogens is 1. The van der Waals surface area contributed by atoms with E-state index >= 15 is 0 Å². The van der Waals surface area contributed by atoms with Crippen LogP contribution >= 0.6 is 0 Å². The van der Waals surface area contributed by atoms with Crippen molar-refractivity contribution >= 4 is 17.6 Å². The van der Waals surface area contributed by atoms with Gasteiger partial charge in [-0.25, -0.2) is 9.78 Å². The average Bonchev–Trinajstić information content (AvgIpc) is 2.40. The molecule has 0 spiro atoms. The molecule has 0 fully saturated rings. The predicted molar refractivity (Wildman–Crippen MR) is 67.2 cm³/mol. The van der Waals surface area contributed by atoms with E-state index in [2.05, 4.69) is 10.3 Å². The second-order valence-corrected chi connectivity index (χ2v) is 3.86. The SMILES string of the molecule is O=C(O)c1ccc(NC(=O)c2ccnc(F)c2)c(O)c1. The fourth-order valence-electron chi connectivity index (χ4n) is 1.51. The molecule has 0 aliphatic heterocycles. The van der Waals surface area contributed by atoms with Crippen LogP contribution < -0.4 is 5.32 Å². The highest BCUT2D eigenvalue weighted by Crippen LogP contribution is 2.24. The van der Waals surface area contributed by atoms with Crippen molar-refractivity contribution in [3.8, 4) is 5.75 Å². The van der Waals surface area contributed by atoms with Crippen LogP contribution in [0.25, 0.3) is 0 Å². The van der Waals surface area contributed by atoms with Gasteiger partial charge >= 0.3 is 5.97 Å². The summed E-state index contributed by atoms with van der Waals surface area (Å²) in [6.45, 7) is 0. The maximum atomic E-state index is 12.9. The topological polar surface area (TPSA) is 99.5 Å². The Labute approximate surface area is 112 Å². The first-order valence-corrected chi connectivity index (χ1v) is 5.46. The normalized spacial score (nSPS) is 10.1. The third-order valence-corrected chi connectivity index (χ3v) is 2.48. The number of halogens is 1. The van der Waals surface area contributed by atoms with Crippen molar-refractivity contribution in [2.24, 2.45) is 0 Å². The van der Waals surface area contributed by atoms with Crippen LogP contribution in [0.4, 0.5) is 10.1 Å². The number of carbonyl (C=O) groups excluding carboxylic acids is 1. The van der Waals surface area contributed by atoms with Crippen molar-refractivity contribution in [2.45, 2.75) is 0 Å². The summed E-state index contributed by atoms with van der Waals surface area (Å²) in [6, 6.07) is 5.73. The molecule has 0 saturated heterocycles. The van der Waals surface area contributed by atoms with Gasteiger partial charge in [-0.15, -0.1) is 0 Å². The molecule has 0 atom stereocenters. The highest BCUT2D eigenvalue weighted by Gasteiger charge is 2.12. The molecule has 3 N–H and O–H groups in total. The fourth-order valence-corrected chi connectivity index (χ4v) is 1.51. The monoisotopic (exact) mass is 276 g/mol. The second-order valence-electron chi connectivity index (χ2n) is 3.86. The van der Waals surface area contributed by atoms with Gasteiger partial charge in [-0.3, -0.25) is 4.79 Å². The van der Waals surface area contributed by atoms with E-state index in [1.54, 1.807) is 0 Å². The second kappa shape index (κ2) is 5.35. The molecule has 0 saturated carbocycles. The van der Waals surface area contributed by atoms with E-state index in [0.29, 0.717) is 0 Å². The fraction of sp³-hybridized carbons (Fsp3) is 0. The van der Waals surface area contributed by atoms with Crippen molar-refractivity contribution in [1.29, 1.82) is 0 Å². The smallest absolute Gasteiger partial charge is 0.335 e. The minimum absolute atomic E-state index is 0.0252. The summed E-state index contributed by atoms with van der Waals surface area (Å²) in [5.74, 6) is -3.05. The number of hydrogen-bond acceptors (Lipinski definition) is 4. The molecule has 2 aromatic rings. The Morgan fingerprint density at radius 1 is 1.15 bits per heavy atom. The lowest BCUT2D eigenvalue weighted by molar-refractivity contribution is 0.0696.